The number of hydrogen-bond acceptors (Lipinski definition) is 3. The summed E-state index contributed by atoms with van der Waals surface area (Å²) in [6, 6.07) is 1.88. The van der Waals surface area contributed by atoms with E-state index in [1.807, 2.05) is 0 Å². The summed E-state index contributed by atoms with van der Waals surface area (Å²) in [6.07, 6.45) is 13.1. The number of aromatic nitrogens is 1. The van der Waals surface area contributed by atoms with Crippen molar-refractivity contribution >= 4 is 11.8 Å². The van der Waals surface area contributed by atoms with Gasteiger partial charge in [-0.25, -0.2) is 0 Å². The Morgan fingerprint density at radius 2 is 1.71 bits per heavy atom. The van der Waals surface area contributed by atoms with Crippen molar-refractivity contribution in [1.29, 1.82) is 0 Å². The zero-order chi connectivity index (χ0) is 17.2. The maximum Gasteiger partial charge on any atom is 0.253 e. The predicted molar refractivity (Wildman–Crippen MR) is 95.1 cm³/mol. The average molecular weight is 331 g/mol. The molecule has 1 heterocycles. The number of pyridine rings is 1. The number of nitrogens with zero attached hydrogens (tertiary/aromatic N) is 1. The third kappa shape index (κ3) is 5.95. The van der Waals surface area contributed by atoms with Crippen LogP contribution in [-0.4, -0.2) is 29.4 Å². The lowest BCUT2D eigenvalue weighted by Crippen LogP contribution is -2.34. The fourth-order valence-electron chi connectivity index (χ4n) is 3.06. The van der Waals surface area contributed by atoms with Crippen LogP contribution in [0.2, 0.25) is 0 Å². The first-order valence-corrected chi connectivity index (χ1v) is 9.25. The number of hydrogen-bond donors (Lipinski definition) is 2. The molecule has 1 aromatic heterocycles. The van der Waals surface area contributed by atoms with E-state index < -0.39 is 0 Å². The summed E-state index contributed by atoms with van der Waals surface area (Å²) in [4.78, 5) is 28.6. The van der Waals surface area contributed by atoms with Gasteiger partial charge < -0.3 is 10.6 Å². The molecule has 1 aliphatic rings. The molecule has 0 radical (unpaired) electrons. The van der Waals surface area contributed by atoms with E-state index >= 15 is 0 Å². The molecule has 5 heteroatoms. The molecule has 2 amide bonds. The Kier molecular flexibility index (Phi) is 7.72. The highest BCUT2D eigenvalue weighted by Gasteiger charge is 2.17. The van der Waals surface area contributed by atoms with Crippen molar-refractivity contribution in [3.63, 3.8) is 0 Å². The first-order valence-electron chi connectivity index (χ1n) is 9.25. The summed E-state index contributed by atoms with van der Waals surface area (Å²) in [6.45, 7) is 2.79. The van der Waals surface area contributed by atoms with Crippen molar-refractivity contribution in [3.05, 3.63) is 29.6 Å². The van der Waals surface area contributed by atoms with E-state index in [1.54, 1.807) is 6.07 Å². The van der Waals surface area contributed by atoms with Gasteiger partial charge in [0.25, 0.3) is 11.8 Å². The monoisotopic (exact) mass is 331 g/mol. The minimum absolute atomic E-state index is 0.130. The Balaban J connectivity index is 1.90. The third-order valence-electron chi connectivity index (χ3n) is 4.52. The molecule has 0 spiro atoms. The number of carbonyl (C=O) groups is 2. The second kappa shape index (κ2) is 10.1. The van der Waals surface area contributed by atoms with E-state index in [9.17, 15) is 9.59 Å². The van der Waals surface area contributed by atoms with Crippen molar-refractivity contribution in [2.75, 3.05) is 6.54 Å². The Bertz CT molecular complexity index is 537. The molecule has 132 valence electrons. The summed E-state index contributed by atoms with van der Waals surface area (Å²) < 4.78 is 0. The van der Waals surface area contributed by atoms with Gasteiger partial charge in [0, 0.05) is 25.0 Å². The molecule has 0 atom stereocenters. The Morgan fingerprint density at radius 1 is 1.04 bits per heavy atom. The molecule has 24 heavy (non-hydrogen) atoms. The maximum absolute atomic E-state index is 12.4. The fourth-order valence-corrected chi connectivity index (χ4v) is 3.06. The van der Waals surface area contributed by atoms with Gasteiger partial charge in [-0.3, -0.25) is 14.6 Å². The van der Waals surface area contributed by atoms with Crippen LogP contribution in [0.1, 0.15) is 85.4 Å². The van der Waals surface area contributed by atoms with Gasteiger partial charge >= 0.3 is 0 Å². The number of rotatable bonds is 7. The number of carbonyl (C=O) groups excluding carboxylic acids is 2. The minimum atomic E-state index is -0.164. The molecule has 0 unspecified atom stereocenters. The highest BCUT2D eigenvalue weighted by molar-refractivity contribution is 5.99. The van der Waals surface area contributed by atoms with Crippen molar-refractivity contribution in [2.24, 2.45) is 0 Å². The van der Waals surface area contributed by atoms with Crippen LogP contribution >= 0.6 is 0 Å². The first-order chi connectivity index (χ1) is 11.7. The molecule has 5 nitrogen and oxygen atoms in total. The Morgan fingerprint density at radius 3 is 2.38 bits per heavy atom. The van der Waals surface area contributed by atoms with Crippen LogP contribution in [0.3, 0.4) is 0 Å². The second-order valence-corrected chi connectivity index (χ2v) is 6.59. The van der Waals surface area contributed by atoms with E-state index in [4.69, 9.17) is 0 Å². The van der Waals surface area contributed by atoms with Gasteiger partial charge in [0.05, 0.1) is 11.1 Å². The van der Waals surface area contributed by atoms with E-state index in [-0.39, 0.29) is 17.9 Å². The average Bonchev–Trinajstić information content (AvgIpc) is 2.87. The van der Waals surface area contributed by atoms with Crippen LogP contribution in [0, 0.1) is 0 Å². The number of nitrogens with one attached hydrogen (secondary N) is 2. The van der Waals surface area contributed by atoms with Crippen LogP contribution in [0.5, 0.6) is 0 Å². The molecule has 0 saturated heterocycles. The van der Waals surface area contributed by atoms with Crippen LogP contribution in [-0.2, 0) is 0 Å². The molecule has 0 aliphatic heterocycles. The summed E-state index contributed by atoms with van der Waals surface area (Å²) in [5.74, 6) is -0.294. The molecule has 0 bridgehead atoms. The maximum atomic E-state index is 12.4. The van der Waals surface area contributed by atoms with Gasteiger partial charge in [-0.1, -0.05) is 45.4 Å². The standard InChI is InChI=1S/C19H29N3O2/c1-2-3-8-11-21-18(23)15-12-16(14-20-13-15)19(24)22-17-9-6-4-5-7-10-17/h12-14,17H,2-11H2,1H3,(H,21,23)(H,22,24). The van der Waals surface area contributed by atoms with E-state index in [0.717, 1.165) is 32.1 Å². The molecule has 2 rings (SSSR count). The summed E-state index contributed by atoms with van der Waals surface area (Å²) in [5, 5.41) is 5.97. The number of amides is 2. The number of unbranched alkanes of at least 4 members (excludes halogenated alkanes) is 2. The van der Waals surface area contributed by atoms with E-state index in [1.165, 1.54) is 38.1 Å². The van der Waals surface area contributed by atoms with Crippen molar-refractivity contribution in [3.8, 4) is 0 Å². The topological polar surface area (TPSA) is 71.1 Å². The molecule has 1 aromatic rings. The van der Waals surface area contributed by atoms with Crippen LogP contribution in [0.25, 0.3) is 0 Å². The SMILES string of the molecule is CCCCCNC(=O)c1cncc(C(=O)NC2CCCCCC2)c1. The lowest BCUT2D eigenvalue weighted by atomic mass is 10.1. The predicted octanol–water partition coefficient (Wildman–Crippen LogP) is 3.45. The summed E-state index contributed by atoms with van der Waals surface area (Å²) >= 11 is 0. The van der Waals surface area contributed by atoms with E-state index in [2.05, 4.69) is 22.5 Å². The smallest absolute Gasteiger partial charge is 0.253 e. The molecule has 1 aliphatic carbocycles. The lowest BCUT2D eigenvalue weighted by Gasteiger charge is -2.16. The second-order valence-electron chi connectivity index (χ2n) is 6.59. The first kappa shape index (κ1) is 18.4. The zero-order valence-electron chi connectivity index (χ0n) is 14.6. The van der Waals surface area contributed by atoms with Gasteiger partial charge in [0.1, 0.15) is 0 Å². The normalized spacial score (nSPS) is 15.5. The van der Waals surface area contributed by atoms with Crippen LogP contribution in [0.4, 0.5) is 0 Å². The van der Waals surface area contributed by atoms with Gasteiger partial charge in [0.15, 0.2) is 0 Å². The van der Waals surface area contributed by atoms with Gasteiger partial charge in [-0.05, 0) is 25.3 Å². The largest absolute Gasteiger partial charge is 0.352 e. The van der Waals surface area contributed by atoms with E-state index in [0.29, 0.717) is 17.7 Å². The fraction of sp³-hybridized carbons (Fsp3) is 0.632. The quantitative estimate of drug-likeness (QED) is 0.594. The zero-order valence-corrected chi connectivity index (χ0v) is 14.6. The Hall–Kier alpha value is -1.91. The molecule has 0 aromatic carbocycles. The van der Waals surface area contributed by atoms with Crippen LogP contribution < -0.4 is 10.6 Å². The molecule has 1 saturated carbocycles. The van der Waals surface area contributed by atoms with Crippen molar-refractivity contribution in [2.45, 2.75) is 70.8 Å². The highest BCUT2D eigenvalue weighted by atomic mass is 16.2. The van der Waals surface area contributed by atoms with Gasteiger partial charge in [0.2, 0.25) is 0 Å². The molecular weight excluding hydrogens is 302 g/mol. The lowest BCUT2D eigenvalue weighted by molar-refractivity contribution is 0.0933. The van der Waals surface area contributed by atoms with Crippen molar-refractivity contribution in [1.82, 2.24) is 15.6 Å². The summed E-state index contributed by atoms with van der Waals surface area (Å²) in [5.41, 5.74) is 0.903. The molecule has 2 N–H and O–H groups in total. The van der Waals surface area contributed by atoms with Crippen molar-refractivity contribution < 1.29 is 9.59 Å². The van der Waals surface area contributed by atoms with Gasteiger partial charge in [-0.2, -0.15) is 0 Å². The molecule has 1 fully saturated rings. The third-order valence-corrected chi connectivity index (χ3v) is 4.52. The van der Waals surface area contributed by atoms with Gasteiger partial charge in [-0.15, -0.1) is 0 Å². The van der Waals surface area contributed by atoms with Crippen LogP contribution in [0.15, 0.2) is 18.5 Å². The summed E-state index contributed by atoms with van der Waals surface area (Å²) in [7, 11) is 0. The highest BCUT2D eigenvalue weighted by Crippen LogP contribution is 2.17. The minimum Gasteiger partial charge on any atom is -0.352 e. The Labute approximate surface area is 144 Å². The molecular formula is C19H29N3O2.